The SMILES string of the molecule is CCc1cc(N2CCC(Nc3cncc(OC(C)C)n3)CC2)ncn1. The van der Waals surface area contributed by atoms with Gasteiger partial charge in [0.25, 0.3) is 0 Å². The molecule has 1 aliphatic rings. The van der Waals surface area contributed by atoms with Crippen LogP contribution in [0.2, 0.25) is 0 Å². The monoisotopic (exact) mass is 342 g/mol. The second kappa shape index (κ2) is 8.09. The molecule has 1 fully saturated rings. The van der Waals surface area contributed by atoms with Crippen molar-refractivity contribution in [2.75, 3.05) is 23.3 Å². The highest BCUT2D eigenvalue weighted by molar-refractivity contribution is 5.41. The molecule has 0 aromatic carbocycles. The second-order valence-electron chi connectivity index (χ2n) is 6.54. The van der Waals surface area contributed by atoms with E-state index < -0.39 is 0 Å². The van der Waals surface area contributed by atoms with Crippen LogP contribution in [0.3, 0.4) is 0 Å². The zero-order valence-corrected chi connectivity index (χ0v) is 15.1. The first-order chi connectivity index (χ1) is 12.1. The van der Waals surface area contributed by atoms with Gasteiger partial charge in [0.15, 0.2) is 0 Å². The Bertz CT molecular complexity index is 685. The average Bonchev–Trinajstić information content (AvgIpc) is 2.62. The van der Waals surface area contributed by atoms with Crippen molar-refractivity contribution in [1.82, 2.24) is 19.9 Å². The molecule has 7 heteroatoms. The van der Waals surface area contributed by atoms with Crippen molar-refractivity contribution in [1.29, 1.82) is 0 Å². The fourth-order valence-electron chi connectivity index (χ4n) is 2.93. The van der Waals surface area contributed by atoms with E-state index in [4.69, 9.17) is 4.74 Å². The summed E-state index contributed by atoms with van der Waals surface area (Å²) in [7, 11) is 0. The van der Waals surface area contributed by atoms with Crippen molar-refractivity contribution >= 4 is 11.6 Å². The summed E-state index contributed by atoms with van der Waals surface area (Å²) in [5, 5.41) is 3.48. The Hall–Kier alpha value is -2.44. The van der Waals surface area contributed by atoms with E-state index in [1.54, 1.807) is 18.7 Å². The van der Waals surface area contributed by atoms with Gasteiger partial charge in [-0.1, -0.05) is 6.92 Å². The Kier molecular flexibility index (Phi) is 5.63. The number of hydrogen-bond acceptors (Lipinski definition) is 7. The number of piperidine rings is 1. The molecule has 2 aromatic rings. The van der Waals surface area contributed by atoms with Crippen LogP contribution in [0.4, 0.5) is 11.6 Å². The van der Waals surface area contributed by atoms with Gasteiger partial charge in [0, 0.05) is 30.9 Å². The lowest BCUT2D eigenvalue weighted by atomic mass is 10.1. The lowest BCUT2D eigenvalue weighted by Gasteiger charge is -2.33. The lowest BCUT2D eigenvalue weighted by Crippen LogP contribution is -2.39. The quantitative estimate of drug-likeness (QED) is 0.865. The second-order valence-corrected chi connectivity index (χ2v) is 6.54. The summed E-state index contributed by atoms with van der Waals surface area (Å²) in [6.07, 6.45) is 8.14. The molecule has 1 aliphatic heterocycles. The molecule has 134 valence electrons. The summed E-state index contributed by atoms with van der Waals surface area (Å²) in [5.41, 5.74) is 1.09. The van der Waals surface area contributed by atoms with Crippen LogP contribution in [0.15, 0.2) is 24.8 Å². The van der Waals surface area contributed by atoms with Crippen molar-refractivity contribution < 1.29 is 4.74 Å². The van der Waals surface area contributed by atoms with E-state index in [-0.39, 0.29) is 6.10 Å². The summed E-state index contributed by atoms with van der Waals surface area (Å²) >= 11 is 0. The summed E-state index contributed by atoms with van der Waals surface area (Å²) in [6, 6.07) is 2.47. The molecule has 0 unspecified atom stereocenters. The molecule has 0 atom stereocenters. The van der Waals surface area contributed by atoms with E-state index in [0.29, 0.717) is 11.9 Å². The molecule has 0 bridgehead atoms. The van der Waals surface area contributed by atoms with Crippen LogP contribution in [0.1, 0.15) is 39.3 Å². The molecule has 2 aromatic heterocycles. The van der Waals surface area contributed by atoms with Crippen molar-refractivity contribution in [2.45, 2.75) is 52.2 Å². The predicted octanol–water partition coefficient (Wildman–Crippen LogP) is 2.70. The fraction of sp³-hybridized carbons (Fsp3) is 0.556. The van der Waals surface area contributed by atoms with Gasteiger partial charge in [-0.25, -0.2) is 9.97 Å². The number of nitrogens with one attached hydrogen (secondary N) is 1. The minimum atomic E-state index is 0.0914. The lowest BCUT2D eigenvalue weighted by molar-refractivity contribution is 0.232. The molecule has 0 aliphatic carbocycles. The first kappa shape index (κ1) is 17.4. The fourth-order valence-corrected chi connectivity index (χ4v) is 2.93. The highest BCUT2D eigenvalue weighted by Gasteiger charge is 2.21. The van der Waals surface area contributed by atoms with Crippen molar-refractivity contribution in [3.63, 3.8) is 0 Å². The number of nitrogens with zero attached hydrogens (tertiary/aromatic N) is 5. The topological polar surface area (TPSA) is 76.1 Å². The maximum atomic E-state index is 5.60. The highest BCUT2D eigenvalue weighted by atomic mass is 16.5. The van der Waals surface area contributed by atoms with Crippen LogP contribution in [0.25, 0.3) is 0 Å². The number of ether oxygens (including phenoxy) is 1. The van der Waals surface area contributed by atoms with E-state index in [0.717, 1.165) is 49.7 Å². The number of rotatable bonds is 6. The van der Waals surface area contributed by atoms with Crippen molar-refractivity contribution in [3.05, 3.63) is 30.5 Å². The molecule has 3 heterocycles. The number of aryl methyl sites for hydroxylation is 1. The molecular formula is C18H26N6O. The summed E-state index contributed by atoms with van der Waals surface area (Å²) in [5.74, 6) is 2.36. The molecule has 25 heavy (non-hydrogen) atoms. The number of anilines is 2. The van der Waals surface area contributed by atoms with Gasteiger partial charge in [-0.2, -0.15) is 4.98 Å². The first-order valence-corrected chi connectivity index (χ1v) is 8.95. The minimum Gasteiger partial charge on any atom is -0.474 e. The molecular weight excluding hydrogens is 316 g/mol. The van der Waals surface area contributed by atoms with E-state index in [1.165, 1.54) is 0 Å². The van der Waals surface area contributed by atoms with Gasteiger partial charge in [-0.3, -0.25) is 4.98 Å². The highest BCUT2D eigenvalue weighted by Crippen LogP contribution is 2.21. The number of aromatic nitrogens is 4. The third-order valence-electron chi connectivity index (χ3n) is 4.21. The first-order valence-electron chi connectivity index (χ1n) is 8.95. The largest absolute Gasteiger partial charge is 0.474 e. The summed E-state index contributed by atoms with van der Waals surface area (Å²) in [4.78, 5) is 19.7. The zero-order chi connectivity index (χ0) is 17.6. The Morgan fingerprint density at radius 2 is 2.04 bits per heavy atom. The van der Waals surface area contributed by atoms with E-state index >= 15 is 0 Å². The van der Waals surface area contributed by atoms with E-state index in [9.17, 15) is 0 Å². The predicted molar refractivity (Wildman–Crippen MR) is 98.1 cm³/mol. The molecule has 0 saturated carbocycles. The van der Waals surface area contributed by atoms with Crippen LogP contribution in [0, 0.1) is 0 Å². The zero-order valence-electron chi connectivity index (χ0n) is 15.1. The van der Waals surface area contributed by atoms with Gasteiger partial charge in [0.2, 0.25) is 5.88 Å². The van der Waals surface area contributed by atoms with Crippen LogP contribution in [0.5, 0.6) is 5.88 Å². The van der Waals surface area contributed by atoms with Gasteiger partial charge < -0.3 is 15.0 Å². The minimum absolute atomic E-state index is 0.0914. The van der Waals surface area contributed by atoms with Crippen molar-refractivity contribution in [3.8, 4) is 5.88 Å². The Balaban J connectivity index is 1.55. The molecule has 0 radical (unpaired) electrons. The third kappa shape index (κ3) is 4.78. The van der Waals surface area contributed by atoms with Gasteiger partial charge in [0.05, 0.1) is 18.5 Å². The van der Waals surface area contributed by atoms with E-state index in [2.05, 4.69) is 43.1 Å². The summed E-state index contributed by atoms with van der Waals surface area (Å²) in [6.45, 7) is 8.00. The maximum absolute atomic E-state index is 5.60. The average molecular weight is 342 g/mol. The standard InChI is InChI=1S/C18H26N6O/c1-4-14-9-17(21-12-20-14)24-7-5-15(6-8-24)22-16-10-19-11-18(23-16)25-13(2)3/h9-13,15H,4-8H2,1-3H3,(H,22,23). The molecule has 1 saturated heterocycles. The Labute approximate surface area is 148 Å². The number of hydrogen-bond donors (Lipinski definition) is 1. The Morgan fingerprint density at radius 3 is 2.76 bits per heavy atom. The van der Waals surface area contributed by atoms with Gasteiger partial charge in [-0.15, -0.1) is 0 Å². The molecule has 0 spiro atoms. The normalized spacial score (nSPS) is 15.4. The van der Waals surface area contributed by atoms with E-state index in [1.807, 2.05) is 13.8 Å². The smallest absolute Gasteiger partial charge is 0.234 e. The molecule has 3 rings (SSSR count). The molecule has 7 nitrogen and oxygen atoms in total. The van der Waals surface area contributed by atoms with Crippen LogP contribution in [-0.2, 0) is 6.42 Å². The van der Waals surface area contributed by atoms with Crippen LogP contribution < -0.4 is 15.0 Å². The van der Waals surface area contributed by atoms with Crippen molar-refractivity contribution in [2.24, 2.45) is 0 Å². The van der Waals surface area contributed by atoms with Crippen LogP contribution >= 0.6 is 0 Å². The van der Waals surface area contributed by atoms with Gasteiger partial charge in [-0.05, 0) is 33.1 Å². The third-order valence-corrected chi connectivity index (χ3v) is 4.21. The van der Waals surface area contributed by atoms with Gasteiger partial charge >= 0.3 is 0 Å². The summed E-state index contributed by atoms with van der Waals surface area (Å²) < 4.78 is 5.60. The molecule has 0 amide bonds. The molecule has 1 N–H and O–H groups in total. The van der Waals surface area contributed by atoms with Crippen LogP contribution in [-0.4, -0.2) is 45.2 Å². The van der Waals surface area contributed by atoms with Gasteiger partial charge in [0.1, 0.15) is 18.0 Å². The maximum Gasteiger partial charge on any atom is 0.234 e. The Morgan fingerprint density at radius 1 is 1.24 bits per heavy atom.